The fraction of sp³-hybridized carbons (Fsp3) is 0.143. The molecule has 0 unspecified atom stereocenters. The molecule has 0 saturated carbocycles. The van der Waals surface area contributed by atoms with Gasteiger partial charge in [-0.3, -0.25) is 9.78 Å². The van der Waals surface area contributed by atoms with E-state index in [4.69, 9.17) is 4.52 Å². The van der Waals surface area contributed by atoms with Gasteiger partial charge in [0.2, 0.25) is 0 Å². The Balaban J connectivity index is 1.63. The van der Waals surface area contributed by atoms with Crippen molar-refractivity contribution in [3.8, 4) is 11.3 Å². The summed E-state index contributed by atoms with van der Waals surface area (Å²) >= 11 is 0. The number of carbonyl (C=O) groups excluding carboxylic acids is 1. The maximum Gasteiger partial charge on any atom is 0.259 e. The Bertz CT molecular complexity index is 1120. The Kier molecular flexibility index (Phi) is 4.80. The summed E-state index contributed by atoms with van der Waals surface area (Å²) in [6.45, 7) is 2.20. The van der Waals surface area contributed by atoms with Gasteiger partial charge in [0, 0.05) is 30.4 Å². The van der Waals surface area contributed by atoms with Crippen molar-refractivity contribution < 1.29 is 13.7 Å². The molecule has 3 heterocycles. The first-order valence-electron chi connectivity index (χ1n) is 8.83. The van der Waals surface area contributed by atoms with Gasteiger partial charge in [0.25, 0.3) is 11.6 Å². The van der Waals surface area contributed by atoms with Crippen molar-refractivity contribution in [1.82, 2.24) is 20.4 Å². The van der Waals surface area contributed by atoms with E-state index in [9.17, 15) is 9.18 Å². The molecule has 4 aromatic rings. The molecule has 0 atom stereocenters. The SMILES string of the molecule is Cc1noc2nc(-c3ccc(F)cc3)cc(C(=O)NCCc3ccccn3)c12. The third-order valence-corrected chi connectivity index (χ3v) is 4.39. The summed E-state index contributed by atoms with van der Waals surface area (Å²) in [5.74, 6) is -0.592. The van der Waals surface area contributed by atoms with Crippen molar-refractivity contribution in [1.29, 1.82) is 0 Å². The number of benzene rings is 1. The summed E-state index contributed by atoms with van der Waals surface area (Å²) in [4.78, 5) is 21.5. The van der Waals surface area contributed by atoms with E-state index in [1.807, 2.05) is 18.2 Å². The topological polar surface area (TPSA) is 80.9 Å². The van der Waals surface area contributed by atoms with Crippen molar-refractivity contribution in [3.63, 3.8) is 0 Å². The lowest BCUT2D eigenvalue weighted by Crippen LogP contribution is -2.26. The van der Waals surface area contributed by atoms with Crippen LogP contribution in [-0.2, 0) is 6.42 Å². The van der Waals surface area contributed by atoms with Crippen LogP contribution >= 0.6 is 0 Å². The fourth-order valence-electron chi connectivity index (χ4n) is 2.99. The van der Waals surface area contributed by atoms with Gasteiger partial charge < -0.3 is 9.84 Å². The van der Waals surface area contributed by atoms with Gasteiger partial charge in [0.1, 0.15) is 5.82 Å². The van der Waals surface area contributed by atoms with E-state index in [2.05, 4.69) is 20.4 Å². The second kappa shape index (κ2) is 7.56. The van der Waals surface area contributed by atoms with E-state index in [1.165, 1.54) is 12.1 Å². The smallest absolute Gasteiger partial charge is 0.259 e. The van der Waals surface area contributed by atoms with Crippen LogP contribution in [0.4, 0.5) is 4.39 Å². The second-order valence-corrected chi connectivity index (χ2v) is 6.34. The highest BCUT2D eigenvalue weighted by molar-refractivity contribution is 6.07. The molecule has 1 amide bonds. The van der Waals surface area contributed by atoms with E-state index >= 15 is 0 Å². The molecular weight excluding hydrogens is 359 g/mol. The highest BCUT2D eigenvalue weighted by atomic mass is 19.1. The van der Waals surface area contributed by atoms with E-state index < -0.39 is 0 Å². The van der Waals surface area contributed by atoms with Crippen LogP contribution in [0.3, 0.4) is 0 Å². The molecule has 0 fully saturated rings. The minimum atomic E-state index is -0.340. The molecule has 1 aromatic carbocycles. The van der Waals surface area contributed by atoms with Gasteiger partial charge in [-0.25, -0.2) is 9.37 Å². The van der Waals surface area contributed by atoms with Gasteiger partial charge in [0.15, 0.2) is 0 Å². The van der Waals surface area contributed by atoms with Crippen LogP contribution in [0.2, 0.25) is 0 Å². The zero-order valence-electron chi connectivity index (χ0n) is 15.1. The van der Waals surface area contributed by atoms with Crippen molar-refractivity contribution in [3.05, 3.63) is 77.5 Å². The lowest BCUT2D eigenvalue weighted by molar-refractivity contribution is 0.0955. The molecule has 1 N–H and O–H groups in total. The normalized spacial score (nSPS) is 10.9. The second-order valence-electron chi connectivity index (χ2n) is 6.34. The van der Waals surface area contributed by atoms with E-state index in [0.717, 1.165) is 5.69 Å². The summed E-state index contributed by atoms with van der Waals surface area (Å²) in [6.07, 6.45) is 2.34. The highest BCUT2D eigenvalue weighted by Gasteiger charge is 2.19. The van der Waals surface area contributed by atoms with Gasteiger partial charge >= 0.3 is 0 Å². The van der Waals surface area contributed by atoms with Gasteiger partial charge in [-0.1, -0.05) is 11.2 Å². The fourth-order valence-corrected chi connectivity index (χ4v) is 2.99. The number of nitrogens with zero attached hydrogens (tertiary/aromatic N) is 3. The maximum atomic E-state index is 13.2. The first kappa shape index (κ1) is 17.8. The van der Waals surface area contributed by atoms with Crippen LogP contribution in [0, 0.1) is 12.7 Å². The molecule has 0 saturated heterocycles. The summed E-state index contributed by atoms with van der Waals surface area (Å²) in [7, 11) is 0. The molecular formula is C21H17FN4O2. The van der Waals surface area contributed by atoms with Crippen molar-refractivity contribution in [2.75, 3.05) is 6.54 Å². The van der Waals surface area contributed by atoms with E-state index in [0.29, 0.717) is 40.9 Å². The quantitative estimate of drug-likeness (QED) is 0.574. The minimum Gasteiger partial charge on any atom is -0.352 e. The third-order valence-electron chi connectivity index (χ3n) is 4.39. The number of amides is 1. The molecule has 0 bridgehead atoms. The zero-order valence-corrected chi connectivity index (χ0v) is 15.1. The Morgan fingerprint density at radius 2 is 2.00 bits per heavy atom. The predicted molar refractivity (Wildman–Crippen MR) is 102 cm³/mol. The average Bonchev–Trinajstić information content (AvgIpc) is 3.09. The average molecular weight is 376 g/mol. The van der Waals surface area contributed by atoms with E-state index in [-0.39, 0.29) is 17.4 Å². The van der Waals surface area contributed by atoms with E-state index in [1.54, 1.807) is 31.3 Å². The zero-order chi connectivity index (χ0) is 19.5. The van der Waals surface area contributed by atoms with Crippen molar-refractivity contribution in [2.45, 2.75) is 13.3 Å². The Morgan fingerprint density at radius 3 is 2.75 bits per heavy atom. The number of nitrogens with one attached hydrogen (secondary N) is 1. The number of hydrogen-bond donors (Lipinski definition) is 1. The minimum absolute atomic E-state index is 0.252. The molecule has 0 spiro atoms. The van der Waals surface area contributed by atoms with Crippen LogP contribution in [0.25, 0.3) is 22.4 Å². The summed E-state index contributed by atoms with van der Waals surface area (Å²) in [5, 5.41) is 7.41. The summed E-state index contributed by atoms with van der Waals surface area (Å²) < 4.78 is 18.5. The lowest BCUT2D eigenvalue weighted by Gasteiger charge is -2.08. The lowest BCUT2D eigenvalue weighted by atomic mass is 10.0. The predicted octanol–water partition coefficient (Wildman–Crippen LogP) is 3.70. The van der Waals surface area contributed by atoms with Crippen LogP contribution < -0.4 is 5.32 Å². The number of aromatic nitrogens is 3. The Hall–Kier alpha value is -3.61. The number of halogens is 1. The van der Waals surface area contributed by atoms with Gasteiger partial charge in [-0.2, -0.15) is 0 Å². The van der Waals surface area contributed by atoms with Crippen LogP contribution in [0.1, 0.15) is 21.7 Å². The summed E-state index contributed by atoms with van der Waals surface area (Å²) in [6, 6.07) is 13.3. The highest BCUT2D eigenvalue weighted by Crippen LogP contribution is 2.27. The standard InChI is InChI=1S/C21H17FN4O2/c1-13-19-17(20(27)24-11-9-16-4-2-3-10-23-16)12-18(25-21(19)28-26-13)14-5-7-15(22)8-6-14/h2-8,10,12H,9,11H2,1H3,(H,24,27). The van der Waals surface area contributed by atoms with Crippen LogP contribution in [-0.4, -0.2) is 27.6 Å². The number of hydrogen-bond acceptors (Lipinski definition) is 5. The Labute approximate surface area is 160 Å². The van der Waals surface area contributed by atoms with Crippen LogP contribution in [0.15, 0.2) is 59.3 Å². The number of carbonyl (C=O) groups is 1. The molecule has 28 heavy (non-hydrogen) atoms. The third kappa shape index (κ3) is 3.59. The van der Waals surface area contributed by atoms with Gasteiger partial charge in [-0.15, -0.1) is 0 Å². The van der Waals surface area contributed by atoms with Gasteiger partial charge in [-0.05, 0) is 49.4 Å². The first-order chi connectivity index (χ1) is 13.6. The van der Waals surface area contributed by atoms with Crippen molar-refractivity contribution in [2.24, 2.45) is 0 Å². The molecule has 0 aliphatic heterocycles. The molecule has 7 heteroatoms. The number of pyridine rings is 2. The molecule has 6 nitrogen and oxygen atoms in total. The molecule has 0 aliphatic carbocycles. The monoisotopic (exact) mass is 376 g/mol. The maximum absolute atomic E-state index is 13.2. The Morgan fingerprint density at radius 1 is 1.18 bits per heavy atom. The largest absolute Gasteiger partial charge is 0.352 e. The number of rotatable bonds is 5. The first-order valence-corrected chi connectivity index (χ1v) is 8.83. The molecule has 4 rings (SSSR count). The van der Waals surface area contributed by atoms with Gasteiger partial charge in [0.05, 0.1) is 22.3 Å². The molecule has 3 aromatic heterocycles. The molecule has 0 radical (unpaired) electrons. The van der Waals surface area contributed by atoms with Crippen LogP contribution in [0.5, 0.6) is 0 Å². The summed E-state index contributed by atoms with van der Waals surface area (Å²) in [5.41, 5.74) is 3.37. The molecule has 0 aliphatic rings. The van der Waals surface area contributed by atoms with Crippen molar-refractivity contribution >= 4 is 17.0 Å². The number of fused-ring (bicyclic) bond motifs is 1. The number of aryl methyl sites for hydroxylation is 1. The molecule has 140 valence electrons.